The highest BCUT2D eigenvalue weighted by atomic mass is 16.2. The van der Waals surface area contributed by atoms with Gasteiger partial charge in [0, 0.05) is 0 Å². The summed E-state index contributed by atoms with van der Waals surface area (Å²) in [5.74, 6) is 0.721. The lowest BCUT2D eigenvalue weighted by molar-refractivity contribution is 0.342. The van der Waals surface area contributed by atoms with Crippen molar-refractivity contribution in [1.29, 1.82) is 0 Å². The lowest BCUT2D eigenvalue weighted by Crippen LogP contribution is -1.91. The first-order chi connectivity index (χ1) is 6.16. The molecule has 0 aliphatic heterocycles. The summed E-state index contributed by atoms with van der Waals surface area (Å²) in [6.45, 7) is 6.69. The summed E-state index contributed by atoms with van der Waals surface area (Å²) < 4.78 is 0. The molecule has 0 bridgehead atoms. The van der Waals surface area contributed by atoms with Gasteiger partial charge >= 0.3 is 0 Å². The normalized spacial score (nSPS) is 13.2. The molecule has 0 aliphatic carbocycles. The molecule has 0 aromatic carbocycles. The Kier molecular flexibility index (Phi) is 7.71. The molecule has 0 unspecified atom stereocenters. The molecule has 13 heavy (non-hydrogen) atoms. The van der Waals surface area contributed by atoms with Crippen molar-refractivity contribution in [2.24, 2.45) is 5.92 Å². The van der Waals surface area contributed by atoms with Gasteiger partial charge in [0.1, 0.15) is 0 Å². The second kappa shape index (κ2) is 8.06. The van der Waals surface area contributed by atoms with Gasteiger partial charge in [0.15, 0.2) is 0 Å². The summed E-state index contributed by atoms with van der Waals surface area (Å²) in [5, 5.41) is 8.53. The molecule has 1 atom stereocenters. The van der Waals surface area contributed by atoms with Crippen molar-refractivity contribution in [3.05, 3.63) is 23.8 Å². The molecule has 0 spiro atoms. The molecule has 76 valence electrons. The molecule has 0 aliphatic rings. The van der Waals surface area contributed by atoms with E-state index in [4.69, 9.17) is 5.11 Å². The number of hydrogen-bond donors (Lipinski definition) is 1. The average Bonchev–Trinajstić information content (AvgIpc) is 2.04. The first kappa shape index (κ1) is 12.4. The van der Waals surface area contributed by atoms with Crippen LogP contribution in [0.3, 0.4) is 0 Å². The van der Waals surface area contributed by atoms with Crippen molar-refractivity contribution < 1.29 is 5.11 Å². The summed E-state index contributed by atoms with van der Waals surface area (Å²) in [5.41, 5.74) is 1.40. The minimum absolute atomic E-state index is 0.167. The van der Waals surface area contributed by atoms with E-state index < -0.39 is 0 Å². The highest BCUT2D eigenvalue weighted by Crippen LogP contribution is 2.11. The van der Waals surface area contributed by atoms with Gasteiger partial charge in [0.25, 0.3) is 0 Å². The molecule has 1 heteroatoms. The number of allylic oxidation sites excluding steroid dienone is 3. The van der Waals surface area contributed by atoms with E-state index in [-0.39, 0.29) is 6.61 Å². The third kappa shape index (κ3) is 9.35. The van der Waals surface area contributed by atoms with Gasteiger partial charge in [-0.05, 0) is 39.0 Å². The molecule has 0 amide bonds. The van der Waals surface area contributed by atoms with Gasteiger partial charge < -0.3 is 5.11 Å². The lowest BCUT2D eigenvalue weighted by atomic mass is 10.0. The highest BCUT2D eigenvalue weighted by molar-refractivity contribution is 4.93. The molecule has 0 aromatic heterocycles. The summed E-state index contributed by atoms with van der Waals surface area (Å²) in [6, 6.07) is 0. The first-order valence-electron chi connectivity index (χ1n) is 5.06. The van der Waals surface area contributed by atoms with Crippen molar-refractivity contribution in [1.82, 2.24) is 0 Å². The monoisotopic (exact) mass is 182 g/mol. The predicted molar refractivity (Wildman–Crippen MR) is 58.7 cm³/mol. The largest absolute Gasteiger partial charge is 0.392 e. The zero-order valence-electron chi connectivity index (χ0n) is 9.09. The molecule has 0 fully saturated rings. The zero-order chi connectivity index (χ0) is 10.1. The van der Waals surface area contributed by atoms with E-state index in [0.29, 0.717) is 0 Å². The van der Waals surface area contributed by atoms with Crippen LogP contribution in [0.2, 0.25) is 0 Å². The second-order valence-electron chi connectivity index (χ2n) is 3.85. The van der Waals surface area contributed by atoms with Crippen molar-refractivity contribution in [2.75, 3.05) is 6.61 Å². The van der Waals surface area contributed by atoms with Crippen LogP contribution < -0.4 is 0 Å². The Bertz CT molecular complexity index is 164. The molecule has 0 heterocycles. The van der Waals surface area contributed by atoms with Crippen LogP contribution in [0.4, 0.5) is 0 Å². The van der Waals surface area contributed by atoms with Gasteiger partial charge in [0.05, 0.1) is 6.61 Å². The van der Waals surface area contributed by atoms with Gasteiger partial charge in [-0.25, -0.2) is 0 Å². The maximum absolute atomic E-state index is 8.53. The summed E-state index contributed by atoms with van der Waals surface area (Å²) in [6.07, 6.45) is 9.66. The van der Waals surface area contributed by atoms with E-state index in [2.05, 4.69) is 32.9 Å². The van der Waals surface area contributed by atoms with Crippen molar-refractivity contribution in [3.63, 3.8) is 0 Å². The van der Waals surface area contributed by atoms with Crippen molar-refractivity contribution in [2.45, 2.75) is 40.0 Å². The topological polar surface area (TPSA) is 20.2 Å². The molecular weight excluding hydrogens is 160 g/mol. The second-order valence-corrected chi connectivity index (χ2v) is 3.85. The van der Waals surface area contributed by atoms with E-state index >= 15 is 0 Å². The maximum Gasteiger partial charge on any atom is 0.0612 e. The Hall–Kier alpha value is -0.560. The molecule has 0 saturated heterocycles. The minimum Gasteiger partial charge on any atom is -0.392 e. The zero-order valence-corrected chi connectivity index (χ0v) is 9.09. The van der Waals surface area contributed by atoms with Gasteiger partial charge in [-0.3, -0.25) is 0 Å². The van der Waals surface area contributed by atoms with Gasteiger partial charge in [-0.1, -0.05) is 30.7 Å². The third-order valence-corrected chi connectivity index (χ3v) is 2.02. The maximum atomic E-state index is 8.53. The van der Waals surface area contributed by atoms with Crippen LogP contribution in [-0.2, 0) is 0 Å². The van der Waals surface area contributed by atoms with Crippen LogP contribution in [0, 0.1) is 5.92 Å². The van der Waals surface area contributed by atoms with Gasteiger partial charge in [-0.15, -0.1) is 0 Å². The Balaban J connectivity index is 3.46. The van der Waals surface area contributed by atoms with E-state index in [9.17, 15) is 0 Å². The van der Waals surface area contributed by atoms with Crippen LogP contribution in [0.25, 0.3) is 0 Å². The fourth-order valence-corrected chi connectivity index (χ4v) is 1.18. The van der Waals surface area contributed by atoms with Crippen LogP contribution in [-0.4, -0.2) is 11.7 Å². The Labute approximate surface area is 82.2 Å². The van der Waals surface area contributed by atoms with E-state index in [1.54, 1.807) is 0 Å². The summed E-state index contributed by atoms with van der Waals surface area (Å²) >= 11 is 0. The summed E-state index contributed by atoms with van der Waals surface area (Å²) in [4.78, 5) is 0. The van der Waals surface area contributed by atoms with Crippen molar-refractivity contribution in [3.8, 4) is 0 Å². The molecule has 1 nitrogen and oxygen atoms in total. The lowest BCUT2D eigenvalue weighted by Gasteiger charge is -2.05. The number of aliphatic hydroxyl groups excluding tert-OH is 1. The third-order valence-electron chi connectivity index (χ3n) is 2.02. The van der Waals surface area contributed by atoms with Crippen LogP contribution in [0.1, 0.15) is 40.0 Å². The van der Waals surface area contributed by atoms with Crippen LogP contribution in [0.5, 0.6) is 0 Å². The van der Waals surface area contributed by atoms with E-state index in [1.807, 2.05) is 6.08 Å². The standard InChI is InChI=1S/C12H22O/c1-11(2)7-6-9-12(3)8-4-5-10-13/h4-5,7,12-13H,6,8-10H2,1-3H3/b5-4+/t12-/m0/s1. The molecule has 0 saturated carbocycles. The Morgan fingerprint density at radius 2 is 2.00 bits per heavy atom. The number of rotatable bonds is 6. The first-order valence-corrected chi connectivity index (χ1v) is 5.06. The van der Waals surface area contributed by atoms with E-state index in [1.165, 1.54) is 18.4 Å². The number of aliphatic hydroxyl groups is 1. The molecule has 1 N–H and O–H groups in total. The fourth-order valence-electron chi connectivity index (χ4n) is 1.18. The van der Waals surface area contributed by atoms with Crippen LogP contribution >= 0.6 is 0 Å². The van der Waals surface area contributed by atoms with Crippen molar-refractivity contribution >= 4 is 0 Å². The number of hydrogen-bond acceptors (Lipinski definition) is 1. The smallest absolute Gasteiger partial charge is 0.0612 e. The Morgan fingerprint density at radius 3 is 2.54 bits per heavy atom. The van der Waals surface area contributed by atoms with E-state index in [0.717, 1.165) is 12.3 Å². The molecule has 0 radical (unpaired) electrons. The molecule has 0 aromatic rings. The summed E-state index contributed by atoms with van der Waals surface area (Å²) in [7, 11) is 0. The Morgan fingerprint density at radius 1 is 1.31 bits per heavy atom. The predicted octanol–water partition coefficient (Wildman–Crippen LogP) is 3.31. The quantitative estimate of drug-likeness (QED) is 0.625. The van der Waals surface area contributed by atoms with Crippen LogP contribution in [0.15, 0.2) is 23.8 Å². The average molecular weight is 182 g/mol. The SMILES string of the molecule is CC(C)=CCC[C@@H](C)C/C=C/CO. The minimum atomic E-state index is 0.167. The molecule has 0 rings (SSSR count). The van der Waals surface area contributed by atoms with Gasteiger partial charge in [-0.2, -0.15) is 0 Å². The van der Waals surface area contributed by atoms with Gasteiger partial charge in [0.2, 0.25) is 0 Å². The molecular formula is C12H22O. The fraction of sp³-hybridized carbons (Fsp3) is 0.667. The highest BCUT2D eigenvalue weighted by Gasteiger charge is 1.97.